The number of halogens is 3. The van der Waals surface area contributed by atoms with Gasteiger partial charge in [0.05, 0.1) is 25.3 Å². The average Bonchev–Trinajstić information content (AvgIpc) is 2.43. The first-order chi connectivity index (χ1) is 9.93. The minimum atomic E-state index is -4.33. The molecular weight excluding hydrogens is 283 g/mol. The molecule has 0 saturated heterocycles. The van der Waals surface area contributed by atoms with Crippen LogP contribution in [0.1, 0.15) is 11.1 Å². The highest BCUT2D eigenvalue weighted by molar-refractivity contribution is 5.78. The van der Waals surface area contributed by atoms with Gasteiger partial charge in [-0.2, -0.15) is 13.2 Å². The van der Waals surface area contributed by atoms with Crippen molar-refractivity contribution >= 4 is 5.96 Å². The summed E-state index contributed by atoms with van der Waals surface area (Å²) in [4.78, 5) is 3.96. The number of nitrogens with one attached hydrogen (secondary N) is 1. The molecule has 114 valence electrons. The summed E-state index contributed by atoms with van der Waals surface area (Å²) in [6.07, 6.45) is -4.33. The number of guanidine groups is 1. The van der Waals surface area contributed by atoms with Gasteiger partial charge in [-0.25, -0.2) is 0 Å². The van der Waals surface area contributed by atoms with Crippen LogP contribution in [-0.4, -0.2) is 32.8 Å². The molecule has 1 aromatic carbocycles. The Morgan fingerprint density at radius 1 is 1.33 bits per heavy atom. The first-order valence-electron chi connectivity index (χ1n) is 6.12. The molecule has 4 nitrogen and oxygen atoms in total. The van der Waals surface area contributed by atoms with E-state index in [1.165, 1.54) is 12.1 Å². The van der Waals surface area contributed by atoms with Crippen LogP contribution in [0, 0.1) is 11.8 Å². The Hall–Kier alpha value is -2.20. The number of methoxy groups -OCH3 is 1. The fourth-order valence-corrected chi connectivity index (χ4v) is 1.34. The number of nitrogens with zero attached hydrogens (tertiary/aromatic N) is 1. The summed E-state index contributed by atoms with van der Waals surface area (Å²) >= 11 is 0. The quantitative estimate of drug-likeness (QED) is 0.384. The molecule has 0 aromatic heterocycles. The van der Waals surface area contributed by atoms with Crippen LogP contribution in [0.3, 0.4) is 0 Å². The summed E-state index contributed by atoms with van der Waals surface area (Å²) in [6.45, 7) is 1.17. The number of hydrogen-bond acceptors (Lipinski definition) is 2. The fraction of sp³-hybridized carbons (Fsp3) is 0.357. The molecule has 0 aliphatic carbocycles. The first kappa shape index (κ1) is 16.9. The molecule has 0 spiro atoms. The molecule has 0 radical (unpaired) electrons. The number of hydrogen-bond donors (Lipinski definition) is 2. The second-order valence-electron chi connectivity index (χ2n) is 3.99. The number of ether oxygens (including phenoxy) is 1. The molecule has 1 aromatic rings. The van der Waals surface area contributed by atoms with Gasteiger partial charge in [0.25, 0.3) is 0 Å². The van der Waals surface area contributed by atoms with Crippen molar-refractivity contribution in [1.82, 2.24) is 5.32 Å². The maximum atomic E-state index is 12.4. The van der Waals surface area contributed by atoms with Crippen molar-refractivity contribution in [3.8, 4) is 11.8 Å². The Morgan fingerprint density at radius 3 is 2.57 bits per heavy atom. The van der Waals surface area contributed by atoms with Crippen LogP contribution in [0.5, 0.6) is 0 Å². The van der Waals surface area contributed by atoms with Gasteiger partial charge in [0.2, 0.25) is 0 Å². The lowest BCUT2D eigenvalue weighted by molar-refractivity contribution is -0.137. The van der Waals surface area contributed by atoms with E-state index in [4.69, 9.17) is 10.5 Å². The summed E-state index contributed by atoms with van der Waals surface area (Å²) in [5, 5.41) is 2.77. The molecule has 0 atom stereocenters. The molecule has 0 fully saturated rings. The summed E-state index contributed by atoms with van der Waals surface area (Å²) in [5.41, 5.74) is 5.36. The second-order valence-corrected chi connectivity index (χ2v) is 3.99. The Bertz CT molecular complexity index is 527. The van der Waals surface area contributed by atoms with E-state index in [1.54, 1.807) is 7.11 Å². The topological polar surface area (TPSA) is 59.6 Å². The smallest absolute Gasteiger partial charge is 0.383 e. The molecule has 1 rings (SSSR count). The van der Waals surface area contributed by atoms with Gasteiger partial charge in [-0.05, 0) is 24.3 Å². The number of benzene rings is 1. The summed E-state index contributed by atoms with van der Waals surface area (Å²) < 4.78 is 41.9. The van der Waals surface area contributed by atoms with Crippen LogP contribution < -0.4 is 11.1 Å². The molecule has 7 heteroatoms. The normalized spacial score (nSPS) is 11.7. The maximum absolute atomic E-state index is 12.4. The third-order valence-electron chi connectivity index (χ3n) is 2.38. The molecule has 0 unspecified atom stereocenters. The fourth-order valence-electron chi connectivity index (χ4n) is 1.34. The SMILES string of the molecule is COCCN=C(N)NCC#Cc1ccc(C(F)(F)F)cc1. The maximum Gasteiger partial charge on any atom is 0.416 e. The number of rotatable bonds is 4. The highest BCUT2D eigenvalue weighted by Crippen LogP contribution is 2.28. The number of nitrogens with two attached hydrogens (primary N) is 1. The zero-order chi connectivity index (χ0) is 15.7. The van der Waals surface area contributed by atoms with Crippen molar-refractivity contribution in [1.29, 1.82) is 0 Å². The number of alkyl halides is 3. The molecule has 3 N–H and O–H groups in total. The van der Waals surface area contributed by atoms with Gasteiger partial charge in [-0.1, -0.05) is 11.8 Å². The van der Waals surface area contributed by atoms with Crippen LogP contribution in [-0.2, 0) is 10.9 Å². The average molecular weight is 299 g/mol. The van der Waals surface area contributed by atoms with Crippen LogP contribution in [0.25, 0.3) is 0 Å². The molecule has 0 aliphatic heterocycles. The van der Waals surface area contributed by atoms with E-state index in [0.717, 1.165) is 12.1 Å². The van der Waals surface area contributed by atoms with Crippen LogP contribution in [0.15, 0.2) is 29.3 Å². The highest BCUT2D eigenvalue weighted by atomic mass is 19.4. The van der Waals surface area contributed by atoms with Gasteiger partial charge in [0.1, 0.15) is 0 Å². The van der Waals surface area contributed by atoms with Crippen LogP contribution >= 0.6 is 0 Å². The molecule has 0 heterocycles. The third-order valence-corrected chi connectivity index (χ3v) is 2.38. The molecule has 0 saturated carbocycles. The van der Waals surface area contributed by atoms with Gasteiger partial charge in [-0.15, -0.1) is 0 Å². The Labute approximate surface area is 121 Å². The highest BCUT2D eigenvalue weighted by Gasteiger charge is 2.29. The second kappa shape index (κ2) is 8.17. The Kier molecular flexibility index (Phi) is 6.56. The number of aliphatic imine (C=N–C) groups is 1. The van der Waals surface area contributed by atoms with Gasteiger partial charge < -0.3 is 15.8 Å². The van der Waals surface area contributed by atoms with Crippen LogP contribution in [0.4, 0.5) is 13.2 Å². The van der Waals surface area contributed by atoms with Crippen molar-refractivity contribution < 1.29 is 17.9 Å². The molecule has 0 bridgehead atoms. The predicted octanol–water partition coefficient (Wildman–Crippen LogP) is 1.61. The van der Waals surface area contributed by atoms with E-state index >= 15 is 0 Å². The zero-order valence-electron chi connectivity index (χ0n) is 11.5. The summed E-state index contributed by atoms with van der Waals surface area (Å²) in [6, 6.07) is 4.65. The lowest BCUT2D eigenvalue weighted by atomic mass is 10.1. The van der Waals surface area contributed by atoms with E-state index < -0.39 is 11.7 Å². The monoisotopic (exact) mass is 299 g/mol. The van der Waals surface area contributed by atoms with Gasteiger partial charge >= 0.3 is 6.18 Å². The van der Waals surface area contributed by atoms with E-state index in [0.29, 0.717) is 18.7 Å². The van der Waals surface area contributed by atoms with E-state index in [-0.39, 0.29) is 12.5 Å². The van der Waals surface area contributed by atoms with Crippen molar-refractivity contribution in [2.45, 2.75) is 6.18 Å². The lowest BCUT2D eigenvalue weighted by Crippen LogP contribution is -2.32. The van der Waals surface area contributed by atoms with Crippen molar-refractivity contribution in [3.63, 3.8) is 0 Å². The van der Waals surface area contributed by atoms with Gasteiger partial charge in [0.15, 0.2) is 5.96 Å². The molecule has 0 amide bonds. The van der Waals surface area contributed by atoms with Crippen molar-refractivity contribution in [2.24, 2.45) is 10.7 Å². The predicted molar refractivity (Wildman–Crippen MR) is 74.7 cm³/mol. The van der Waals surface area contributed by atoms with E-state index in [2.05, 4.69) is 22.2 Å². The van der Waals surface area contributed by atoms with Crippen molar-refractivity contribution in [3.05, 3.63) is 35.4 Å². The molecule has 21 heavy (non-hydrogen) atoms. The lowest BCUT2D eigenvalue weighted by Gasteiger charge is -2.05. The van der Waals surface area contributed by atoms with Gasteiger partial charge in [0, 0.05) is 12.7 Å². The first-order valence-corrected chi connectivity index (χ1v) is 6.12. The van der Waals surface area contributed by atoms with Crippen molar-refractivity contribution in [2.75, 3.05) is 26.8 Å². The minimum absolute atomic E-state index is 0.244. The van der Waals surface area contributed by atoms with E-state index in [1.807, 2.05) is 0 Å². The zero-order valence-corrected chi connectivity index (χ0v) is 11.5. The van der Waals surface area contributed by atoms with Crippen LogP contribution in [0.2, 0.25) is 0 Å². The summed E-state index contributed by atoms with van der Waals surface area (Å²) in [5.74, 6) is 5.72. The summed E-state index contributed by atoms with van der Waals surface area (Å²) in [7, 11) is 1.56. The standard InChI is InChI=1S/C14H16F3N3O/c1-21-10-9-20-13(18)19-8-2-3-11-4-6-12(7-5-11)14(15,16)17/h4-7H,8-10H2,1H3,(H3,18,19,20). The molecule has 0 aliphatic rings. The Morgan fingerprint density at radius 2 is 2.00 bits per heavy atom. The largest absolute Gasteiger partial charge is 0.416 e. The third kappa shape index (κ3) is 6.68. The Balaban J connectivity index is 2.47. The van der Waals surface area contributed by atoms with Gasteiger partial charge in [-0.3, -0.25) is 4.99 Å². The molecular formula is C14H16F3N3O. The van der Waals surface area contributed by atoms with E-state index in [9.17, 15) is 13.2 Å². The minimum Gasteiger partial charge on any atom is -0.383 e.